The van der Waals surface area contributed by atoms with Crippen LogP contribution in [-0.4, -0.2) is 24.2 Å². The van der Waals surface area contributed by atoms with E-state index in [1.54, 1.807) is 12.1 Å². The number of hydrogen-bond donors (Lipinski definition) is 2. The molecule has 0 saturated carbocycles. The normalized spacial score (nSPS) is 11.9. The number of unbranched alkanes of at least 4 members (excludes halogenated alkanes) is 3. The molecule has 1 aromatic rings. The van der Waals surface area contributed by atoms with Crippen molar-refractivity contribution in [3.05, 3.63) is 23.8 Å². The summed E-state index contributed by atoms with van der Waals surface area (Å²) in [6.07, 6.45) is 5.72. The van der Waals surface area contributed by atoms with Crippen molar-refractivity contribution in [3.8, 4) is 11.5 Å². The Kier molecular flexibility index (Phi) is 6.91. The van der Waals surface area contributed by atoms with Gasteiger partial charge in [-0.3, -0.25) is 4.79 Å². The zero-order valence-corrected chi connectivity index (χ0v) is 12.6. The molecule has 4 nitrogen and oxygen atoms in total. The van der Waals surface area contributed by atoms with Crippen LogP contribution >= 0.6 is 0 Å². The van der Waals surface area contributed by atoms with Gasteiger partial charge in [0.2, 0.25) is 0 Å². The Morgan fingerprint density at radius 1 is 1.35 bits per heavy atom. The smallest absolute Gasteiger partial charge is 0.255 e. The van der Waals surface area contributed by atoms with E-state index in [4.69, 9.17) is 4.74 Å². The van der Waals surface area contributed by atoms with Gasteiger partial charge in [0.05, 0.1) is 12.7 Å². The quantitative estimate of drug-likeness (QED) is 0.716. The van der Waals surface area contributed by atoms with Gasteiger partial charge >= 0.3 is 0 Å². The Morgan fingerprint density at radius 2 is 2.10 bits per heavy atom. The van der Waals surface area contributed by atoms with Gasteiger partial charge in [-0.05, 0) is 25.5 Å². The lowest BCUT2D eigenvalue weighted by molar-refractivity contribution is 0.0935. The van der Waals surface area contributed by atoms with E-state index in [2.05, 4.69) is 12.2 Å². The Hall–Kier alpha value is -1.71. The van der Waals surface area contributed by atoms with Gasteiger partial charge in [-0.2, -0.15) is 0 Å². The Bertz CT molecular complexity index is 432. The van der Waals surface area contributed by atoms with Crippen LogP contribution in [0.2, 0.25) is 0 Å². The van der Waals surface area contributed by atoms with Crippen LogP contribution in [0, 0.1) is 0 Å². The van der Waals surface area contributed by atoms with E-state index in [0.717, 1.165) is 12.8 Å². The van der Waals surface area contributed by atoms with Gasteiger partial charge in [0, 0.05) is 12.1 Å². The number of rotatable bonds is 8. The molecule has 0 aromatic heterocycles. The lowest BCUT2D eigenvalue weighted by Crippen LogP contribution is -2.32. The van der Waals surface area contributed by atoms with Crippen molar-refractivity contribution in [2.75, 3.05) is 7.11 Å². The predicted molar refractivity (Wildman–Crippen MR) is 80.3 cm³/mol. The minimum atomic E-state index is -0.242. The summed E-state index contributed by atoms with van der Waals surface area (Å²) in [5, 5.41) is 12.7. The van der Waals surface area contributed by atoms with Gasteiger partial charge in [0.25, 0.3) is 5.91 Å². The van der Waals surface area contributed by atoms with Gasteiger partial charge in [0.15, 0.2) is 0 Å². The number of phenols is 1. The van der Waals surface area contributed by atoms with Crippen LogP contribution in [0.3, 0.4) is 0 Å². The van der Waals surface area contributed by atoms with E-state index in [1.165, 1.54) is 32.4 Å². The second kappa shape index (κ2) is 8.46. The molecule has 1 aromatic carbocycles. The highest BCUT2D eigenvalue weighted by molar-refractivity contribution is 5.97. The Balaban J connectivity index is 2.49. The number of aromatic hydroxyl groups is 1. The second-order valence-corrected chi connectivity index (χ2v) is 5.11. The summed E-state index contributed by atoms with van der Waals surface area (Å²) in [4.78, 5) is 12.1. The molecule has 1 atom stereocenters. The van der Waals surface area contributed by atoms with E-state index in [1.807, 2.05) is 6.92 Å². The van der Waals surface area contributed by atoms with Crippen LogP contribution in [0.25, 0.3) is 0 Å². The summed E-state index contributed by atoms with van der Waals surface area (Å²) in [6, 6.07) is 4.80. The lowest BCUT2D eigenvalue weighted by atomic mass is 10.1. The van der Waals surface area contributed by atoms with Crippen molar-refractivity contribution in [2.45, 2.75) is 52.0 Å². The average molecular weight is 279 g/mol. The number of ether oxygens (including phenoxy) is 1. The molecule has 0 heterocycles. The van der Waals surface area contributed by atoms with Crippen LogP contribution in [0.1, 0.15) is 56.3 Å². The summed E-state index contributed by atoms with van der Waals surface area (Å²) >= 11 is 0. The van der Waals surface area contributed by atoms with E-state index < -0.39 is 0 Å². The molecule has 0 bridgehead atoms. The molecule has 2 N–H and O–H groups in total. The first kappa shape index (κ1) is 16.3. The minimum Gasteiger partial charge on any atom is -0.507 e. The molecular formula is C16H25NO3. The maximum atomic E-state index is 12.1. The Morgan fingerprint density at radius 3 is 2.70 bits per heavy atom. The molecule has 4 heteroatoms. The molecule has 1 unspecified atom stereocenters. The number of methoxy groups -OCH3 is 1. The topological polar surface area (TPSA) is 58.6 Å². The third-order valence-electron chi connectivity index (χ3n) is 3.32. The van der Waals surface area contributed by atoms with Crippen molar-refractivity contribution in [3.63, 3.8) is 0 Å². The van der Waals surface area contributed by atoms with Crippen molar-refractivity contribution in [1.82, 2.24) is 5.32 Å². The number of hydrogen-bond acceptors (Lipinski definition) is 3. The van der Waals surface area contributed by atoms with Gasteiger partial charge in [-0.25, -0.2) is 0 Å². The first-order valence-corrected chi connectivity index (χ1v) is 7.26. The van der Waals surface area contributed by atoms with E-state index in [-0.39, 0.29) is 23.3 Å². The van der Waals surface area contributed by atoms with E-state index >= 15 is 0 Å². The van der Waals surface area contributed by atoms with Crippen molar-refractivity contribution in [1.29, 1.82) is 0 Å². The monoisotopic (exact) mass is 279 g/mol. The number of carbonyl (C=O) groups excluding carboxylic acids is 1. The van der Waals surface area contributed by atoms with E-state index in [9.17, 15) is 9.90 Å². The van der Waals surface area contributed by atoms with Gasteiger partial charge in [-0.15, -0.1) is 0 Å². The highest BCUT2D eigenvalue weighted by Crippen LogP contribution is 2.23. The highest BCUT2D eigenvalue weighted by Gasteiger charge is 2.14. The van der Waals surface area contributed by atoms with Crippen molar-refractivity contribution >= 4 is 5.91 Å². The first-order chi connectivity index (χ1) is 9.58. The lowest BCUT2D eigenvalue weighted by Gasteiger charge is -2.14. The molecule has 0 spiro atoms. The second-order valence-electron chi connectivity index (χ2n) is 5.11. The zero-order valence-electron chi connectivity index (χ0n) is 12.6. The average Bonchev–Trinajstić information content (AvgIpc) is 2.43. The highest BCUT2D eigenvalue weighted by atomic mass is 16.5. The molecule has 0 fully saturated rings. The fourth-order valence-corrected chi connectivity index (χ4v) is 2.08. The molecule has 0 aliphatic rings. The van der Waals surface area contributed by atoms with Gasteiger partial charge in [0.1, 0.15) is 11.5 Å². The van der Waals surface area contributed by atoms with Crippen LogP contribution in [0.15, 0.2) is 18.2 Å². The van der Waals surface area contributed by atoms with Crippen molar-refractivity contribution < 1.29 is 14.6 Å². The van der Waals surface area contributed by atoms with Crippen molar-refractivity contribution in [2.24, 2.45) is 0 Å². The zero-order chi connectivity index (χ0) is 15.0. The first-order valence-electron chi connectivity index (χ1n) is 7.26. The van der Waals surface area contributed by atoms with Crippen LogP contribution in [-0.2, 0) is 0 Å². The van der Waals surface area contributed by atoms with E-state index in [0.29, 0.717) is 5.75 Å². The standard InChI is InChI=1S/C16H25NO3/c1-4-5-6-7-8-12(2)17-16(19)14-10-9-13(20-3)11-15(14)18/h9-12,18H,4-8H2,1-3H3,(H,17,19). The number of amides is 1. The van der Waals surface area contributed by atoms with Gasteiger partial charge < -0.3 is 15.2 Å². The van der Waals surface area contributed by atoms with Crippen LogP contribution in [0.5, 0.6) is 11.5 Å². The largest absolute Gasteiger partial charge is 0.507 e. The molecule has 1 rings (SSSR count). The number of carbonyl (C=O) groups is 1. The number of phenolic OH excluding ortho intramolecular Hbond substituents is 1. The fraction of sp³-hybridized carbons (Fsp3) is 0.562. The third kappa shape index (κ3) is 5.11. The molecule has 1 amide bonds. The summed E-state index contributed by atoms with van der Waals surface area (Å²) in [5.74, 6) is 0.236. The minimum absolute atomic E-state index is 0.0555. The summed E-state index contributed by atoms with van der Waals surface area (Å²) in [7, 11) is 1.52. The molecule has 0 radical (unpaired) electrons. The predicted octanol–water partition coefficient (Wildman–Crippen LogP) is 3.49. The molecule has 20 heavy (non-hydrogen) atoms. The molecular weight excluding hydrogens is 254 g/mol. The third-order valence-corrected chi connectivity index (χ3v) is 3.32. The van der Waals surface area contributed by atoms with Crippen LogP contribution < -0.4 is 10.1 Å². The number of benzene rings is 1. The van der Waals surface area contributed by atoms with Crippen LogP contribution in [0.4, 0.5) is 0 Å². The maximum absolute atomic E-state index is 12.1. The Labute approximate surface area is 121 Å². The summed E-state index contributed by atoms with van der Waals surface area (Å²) < 4.78 is 5.00. The molecule has 0 saturated heterocycles. The molecule has 0 aliphatic heterocycles. The molecule has 112 valence electrons. The summed E-state index contributed by atoms with van der Waals surface area (Å²) in [6.45, 7) is 4.17. The SMILES string of the molecule is CCCCCCC(C)NC(=O)c1ccc(OC)cc1O. The summed E-state index contributed by atoms with van der Waals surface area (Å²) in [5.41, 5.74) is 0.284. The maximum Gasteiger partial charge on any atom is 0.255 e. The fourth-order valence-electron chi connectivity index (χ4n) is 2.08. The van der Waals surface area contributed by atoms with Gasteiger partial charge in [-0.1, -0.05) is 32.6 Å². The molecule has 0 aliphatic carbocycles. The number of nitrogens with one attached hydrogen (secondary N) is 1.